The number of pyridine rings is 2. The van der Waals surface area contributed by atoms with Gasteiger partial charge in [0, 0.05) is 78.1 Å². The molecule has 6 aromatic carbocycles. The number of nitrogens with one attached hydrogen (secondary N) is 2. The Labute approximate surface area is 546 Å². The van der Waals surface area contributed by atoms with Gasteiger partial charge in [0.1, 0.15) is 0 Å². The monoisotopic (exact) mass is 1210 g/mol. The fourth-order valence-corrected chi connectivity index (χ4v) is 11.2. The highest BCUT2D eigenvalue weighted by molar-refractivity contribution is 7.79. The summed E-state index contributed by atoms with van der Waals surface area (Å²) in [6.07, 6.45) is 38.9. The fraction of sp³-hybridized carbons (Fsp3) is 0.229. The lowest BCUT2D eigenvalue weighted by Gasteiger charge is -2.33. The standard InChI is InChI=1S/C56H48N4.C18H20N2.4C2H6.CH4S/c1-3-11-50-51(36-46-16-10-29-58-56(46)55(50)57)40-17-19-41(20-18-40)53-28-24-45-34-43(23-27-54(45)60(53)2)42-22-26-52-44(33-42)21-25-49(59-52)32-37-30-47(38-12-6-4-7-13-38)35-48(31-37)39-14-8-5-9-15-39;1-4-7-14(2)18(12-16-8-5-10-19-13-16)17-9-6-11-20-15(17)3;5*1-2/h3-4,6-8,10-28,30-31,33-36,53,58H,5,9,29,32,57H2,1-2H3;4-9,11-13,19H,2,10H2,1,3H3;4*1-2H3;2H,1H3/b11-3-;7-4-,18-12-;;;;;. The molecule has 1 aliphatic carbocycles. The van der Waals surface area contributed by atoms with E-state index in [4.69, 9.17) is 10.7 Å². The van der Waals surface area contributed by atoms with Crippen LogP contribution < -0.4 is 21.3 Å². The minimum absolute atomic E-state index is 0.127. The van der Waals surface area contributed by atoms with Crippen molar-refractivity contribution in [1.82, 2.24) is 15.3 Å². The molecule has 5 heterocycles. The molecule has 8 aromatic rings. The first-order chi connectivity index (χ1) is 44.2. The van der Waals surface area contributed by atoms with Gasteiger partial charge in [-0.1, -0.05) is 232 Å². The molecule has 0 radical (unpaired) electrons. The second-order valence-corrected chi connectivity index (χ2v) is 20.8. The maximum absolute atomic E-state index is 6.71. The Bertz CT molecular complexity index is 3940. The lowest BCUT2D eigenvalue weighted by atomic mass is 9.90. The number of hydrogen-bond donors (Lipinski definition) is 4. The zero-order chi connectivity index (χ0) is 65.0. The van der Waals surface area contributed by atoms with Crippen LogP contribution in [0.4, 0.5) is 17.1 Å². The number of benzene rings is 6. The maximum Gasteiger partial charge on any atom is 0.0726 e. The van der Waals surface area contributed by atoms with Crippen molar-refractivity contribution in [3.8, 4) is 33.4 Å². The number of aromatic nitrogens is 2. The van der Waals surface area contributed by atoms with Crippen LogP contribution in [-0.4, -0.2) is 36.4 Å². The number of dihydropyridines is 1. The van der Waals surface area contributed by atoms with Crippen LogP contribution in [0.2, 0.25) is 0 Å². The lowest BCUT2D eigenvalue weighted by molar-refractivity contribution is 0.805. The molecule has 7 heteroatoms. The van der Waals surface area contributed by atoms with E-state index in [-0.39, 0.29) is 6.04 Å². The van der Waals surface area contributed by atoms with E-state index in [0.29, 0.717) is 0 Å². The molecule has 6 nitrogen and oxygen atoms in total. The predicted molar refractivity (Wildman–Crippen MR) is 403 cm³/mol. The van der Waals surface area contributed by atoms with E-state index < -0.39 is 0 Å². The molecule has 0 saturated carbocycles. The van der Waals surface area contributed by atoms with E-state index in [0.717, 1.165) is 111 Å². The summed E-state index contributed by atoms with van der Waals surface area (Å²) >= 11 is 3.53. The largest absolute Gasteiger partial charge is 0.397 e. The summed E-state index contributed by atoms with van der Waals surface area (Å²) in [5.41, 5.74) is 32.8. The predicted octanol–water partition coefficient (Wildman–Crippen LogP) is 22.4. The summed E-state index contributed by atoms with van der Waals surface area (Å²) in [5.74, 6) is 0. The second kappa shape index (κ2) is 36.3. The summed E-state index contributed by atoms with van der Waals surface area (Å²) in [5, 5.41) is 7.82. The van der Waals surface area contributed by atoms with Gasteiger partial charge in [-0.3, -0.25) is 9.97 Å². The third-order valence-corrected chi connectivity index (χ3v) is 15.3. The van der Waals surface area contributed by atoms with Gasteiger partial charge in [-0.15, -0.1) is 0 Å². The first-order valence-corrected chi connectivity index (χ1v) is 33.2. The Morgan fingerprint density at radius 2 is 1.40 bits per heavy atom. The molecule has 0 amide bonds. The molecule has 1 atom stereocenters. The van der Waals surface area contributed by atoms with Crippen LogP contribution in [0.15, 0.2) is 236 Å². The van der Waals surface area contributed by atoms with Crippen LogP contribution in [0.25, 0.3) is 73.7 Å². The highest BCUT2D eigenvalue weighted by Crippen LogP contribution is 2.42. The quantitative estimate of drug-likeness (QED) is 0.0555. The van der Waals surface area contributed by atoms with Crippen LogP contribution >= 0.6 is 12.6 Å². The van der Waals surface area contributed by atoms with Crippen molar-refractivity contribution in [2.75, 3.05) is 42.3 Å². The molecule has 0 saturated heterocycles. The fourth-order valence-electron chi connectivity index (χ4n) is 11.2. The van der Waals surface area contributed by atoms with E-state index in [1.807, 2.05) is 107 Å². The number of nitrogens with two attached hydrogens (primary N) is 1. The van der Waals surface area contributed by atoms with Crippen molar-refractivity contribution in [2.24, 2.45) is 0 Å². The van der Waals surface area contributed by atoms with E-state index in [9.17, 15) is 0 Å². The van der Waals surface area contributed by atoms with Crippen molar-refractivity contribution in [3.63, 3.8) is 0 Å². The van der Waals surface area contributed by atoms with Gasteiger partial charge >= 0.3 is 0 Å². The van der Waals surface area contributed by atoms with E-state index >= 15 is 0 Å². The Hall–Kier alpha value is -9.17. The van der Waals surface area contributed by atoms with Crippen molar-refractivity contribution < 1.29 is 0 Å². The van der Waals surface area contributed by atoms with Crippen molar-refractivity contribution in [3.05, 3.63) is 287 Å². The average Bonchev–Trinajstić information content (AvgIpc) is 1.28. The first kappa shape index (κ1) is 69.9. The number of nitrogens with zero attached hydrogens (tertiary/aromatic N) is 3. The third kappa shape index (κ3) is 17.6. The van der Waals surface area contributed by atoms with E-state index in [2.05, 4.69) is 253 Å². The molecular formula is C83H96N6S. The number of aryl methyl sites for hydroxylation is 1. The molecule has 4 N–H and O–H groups in total. The van der Waals surface area contributed by atoms with Crippen LogP contribution in [0.3, 0.4) is 0 Å². The van der Waals surface area contributed by atoms with Gasteiger partial charge < -0.3 is 21.3 Å². The minimum atomic E-state index is 0.127. The maximum atomic E-state index is 6.71. The highest BCUT2D eigenvalue weighted by Gasteiger charge is 2.23. The lowest BCUT2D eigenvalue weighted by Crippen LogP contribution is -2.25. The Balaban J connectivity index is 0.000000361. The molecule has 0 bridgehead atoms. The zero-order valence-corrected chi connectivity index (χ0v) is 56.6. The topological polar surface area (TPSA) is 79.1 Å². The molecule has 1 unspecified atom stereocenters. The second-order valence-electron chi connectivity index (χ2n) is 20.8. The minimum Gasteiger partial charge on any atom is -0.397 e. The number of likely N-dealkylation sites (N-methyl/N-ethyl adjacent to an activating group) is 1. The van der Waals surface area contributed by atoms with Crippen molar-refractivity contribution in [2.45, 2.75) is 101 Å². The molecular weight excluding hydrogens is 1110 g/mol. The number of thiol groups is 1. The molecule has 90 heavy (non-hydrogen) atoms. The molecule has 3 aliphatic heterocycles. The SMILES string of the molecule is C/C=C\c1c(-c2ccc(C3C=Cc4cc(-c5ccc6nc(Cc7cc(C8=CCCC=C8)cc(-c8ccccc8)c7)ccc6c5)ccc4N3C)cc2)cc2c(c1N)NCC=C2.C=C(/C=C\C)/C(=C/C1=CNCC=C1)c1cccnc1C.CC.CC.CC.CC.CS. The zero-order valence-electron chi connectivity index (χ0n) is 55.7. The Morgan fingerprint density at radius 1 is 0.678 bits per heavy atom. The normalized spacial score (nSPS) is 14.0. The number of anilines is 3. The number of fused-ring (bicyclic) bond motifs is 3. The molecule has 464 valence electrons. The van der Waals surface area contributed by atoms with Gasteiger partial charge in [-0.05, 0) is 172 Å². The van der Waals surface area contributed by atoms with Crippen LogP contribution in [-0.2, 0) is 6.42 Å². The highest BCUT2D eigenvalue weighted by atomic mass is 32.1. The van der Waals surface area contributed by atoms with Crippen molar-refractivity contribution in [1.29, 1.82) is 0 Å². The van der Waals surface area contributed by atoms with E-state index in [1.165, 1.54) is 55.8 Å². The van der Waals surface area contributed by atoms with Crippen LogP contribution in [0.1, 0.15) is 138 Å². The molecule has 12 rings (SSSR count). The number of rotatable bonds is 12. The van der Waals surface area contributed by atoms with Gasteiger partial charge in [-0.2, -0.15) is 12.6 Å². The number of allylic oxidation sites excluding steroid dienone is 12. The van der Waals surface area contributed by atoms with Crippen LogP contribution in [0.5, 0.6) is 0 Å². The van der Waals surface area contributed by atoms with Gasteiger partial charge in [0.05, 0.1) is 22.9 Å². The van der Waals surface area contributed by atoms with Gasteiger partial charge in [0.15, 0.2) is 0 Å². The summed E-state index contributed by atoms with van der Waals surface area (Å²) in [6.45, 7) is 27.9. The Morgan fingerprint density at radius 3 is 2.10 bits per heavy atom. The summed E-state index contributed by atoms with van der Waals surface area (Å²) in [7, 11) is 2.19. The summed E-state index contributed by atoms with van der Waals surface area (Å²) < 4.78 is 0. The third-order valence-electron chi connectivity index (χ3n) is 15.3. The van der Waals surface area contributed by atoms with Gasteiger partial charge in [-0.25, -0.2) is 0 Å². The smallest absolute Gasteiger partial charge is 0.0726 e. The summed E-state index contributed by atoms with van der Waals surface area (Å²) in [4.78, 5) is 11.9. The van der Waals surface area contributed by atoms with Crippen molar-refractivity contribution >= 4 is 70.0 Å². The summed E-state index contributed by atoms with van der Waals surface area (Å²) in [6, 6.07) is 51.0. The Kier molecular flexibility index (Phi) is 28.2. The molecule has 2 aromatic heterocycles. The van der Waals surface area contributed by atoms with Crippen LogP contribution in [0, 0.1) is 6.92 Å². The molecule has 0 spiro atoms. The molecule has 4 aliphatic rings. The first-order valence-electron chi connectivity index (χ1n) is 32.3. The number of nitrogen functional groups attached to an aromatic ring is 1. The van der Waals surface area contributed by atoms with Gasteiger partial charge in [0.25, 0.3) is 0 Å². The molecule has 0 fully saturated rings. The average molecular weight is 1210 g/mol. The number of hydrogen-bond acceptors (Lipinski definition) is 7. The van der Waals surface area contributed by atoms with E-state index in [1.54, 1.807) is 6.26 Å². The van der Waals surface area contributed by atoms with Gasteiger partial charge in [0.2, 0.25) is 0 Å².